The molecule has 104 valence electrons. The van der Waals surface area contributed by atoms with Crippen LogP contribution < -0.4 is 11.1 Å². The maximum Gasteiger partial charge on any atom is 0.322 e. The summed E-state index contributed by atoms with van der Waals surface area (Å²) in [6, 6.07) is -0.212. The van der Waals surface area contributed by atoms with Gasteiger partial charge < -0.3 is 15.8 Å². The second-order valence-corrected chi connectivity index (χ2v) is 5.62. The lowest BCUT2D eigenvalue weighted by molar-refractivity contribution is -0.142. The van der Waals surface area contributed by atoms with Gasteiger partial charge in [0, 0.05) is 6.04 Å². The lowest BCUT2D eigenvalue weighted by Crippen LogP contribution is -2.34. The summed E-state index contributed by atoms with van der Waals surface area (Å²) >= 11 is 1.50. The van der Waals surface area contributed by atoms with Gasteiger partial charge in [-0.1, -0.05) is 12.8 Å². The van der Waals surface area contributed by atoms with Gasteiger partial charge in [-0.3, -0.25) is 9.59 Å². The molecule has 3 N–H and O–H groups in total. The second kappa shape index (κ2) is 8.37. The average molecular weight is 274 g/mol. The highest BCUT2D eigenvalue weighted by molar-refractivity contribution is 7.99. The summed E-state index contributed by atoms with van der Waals surface area (Å²) in [5, 5.41) is 3.02. The number of thioether (sulfide) groups is 1. The van der Waals surface area contributed by atoms with E-state index in [1.54, 1.807) is 0 Å². The fourth-order valence-corrected chi connectivity index (χ4v) is 2.82. The molecule has 6 heteroatoms. The number of amides is 1. The van der Waals surface area contributed by atoms with Crippen molar-refractivity contribution in [2.45, 2.75) is 44.2 Å². The molecule has 0 radical (unpaired) electrons. The molecule has 0 saturated heterocycles. The van der Waals surface area contributed by atoms with Crippen LogP contribution in [0.3, 0.4) is 0 Å². The number of carbonyl (C=O) groups excluding carboxylic acids is 2. The summed E-state index contributed by atoms with van der Waals surface area (Å²) < 4.78 is 4.53. The number of carbonyl (C=O) groups is 2. The van der Waals surface area contributed by atoms with E-state index in [9.17, 15) is 9.59 Å². The van der Waals surface area contributed by atoms with Crippen molar-refractivity contribution in [1.29, 1.82) is 0 Å². The molecule has 1 aliphatic rings. The van der Waals surface area contributed by atoms with E-state index in [-0.39, 0.29) is 5.91 Å². The van der Waals surface area contributed by atoms with E-state index in [1.807, 2.05) is 0 Å². The lowest BCUT2D eigenvalue weighted by atomic mass is 10.2. The van der Waals surface area contributed by atoms with Gasteiger partial charge in [0.15, 0.2) is 0 Å². The third-order valence-electron chi connectivity index (χ3n) is 3.03. The number of rotatable bonds is 7. The Morgan fingerprint density at radius 2 is 2.11 bits per heavy atom. The molecule has 1 saturated carbocycles. The lowest BCUT2D eigenvalue weighted by Gasteiger charge is -2.12. The highest BCUT2D eigenvalue weighted by Crippen LogP contribution is 2.17. The topological polar surface area (TPSA) is 81.4 Å². The maximum atomic E-state index is 11.6. The Morgan fingerprint density at radius 1 is 1.44 bits per heavy atom. The highest BCUT2D eigenvalue weighted by Gasteiger charge is 2.17. The highest BCUT2D eigenvalue weighted by atomic mass is 32.2. The molecule has 0 aromatic rings. The standard InChI is InChI=1S/C12H22N2O3S/c1-17-12(16)10(13)6-7-18-8-11(15)14-9-4-2-3-5-9/h9-10H,2-8,13H2,1H3,(H,14,15). The van der Waals surface area contributed by atoms with Crippen LogP contribution >= 0.6 is 11.8 Å². The van der Waals surface area contributed by atoms with Crippen molar-refractivity contribution in [3.05, 3.63) is 0 Å². The zero-order valence-electron chi connectivity index (χ0n) is 10.8. The van der Waals surface area contributed by atoms with E-state index in [1.165, 1.54) is 31.7 Å². The van der Waals surface area contributed by atoms with E-state index in [0.717, 1.165) is 12.8 Å². The minimum Gasteiger partial charge on any atom is -0.468 e. The van der Waals surface area contributed by atoms with Crippen LogP contribution in [0.25, 0.3) is 0 Å². The van der Waals surface area contributed by atoms with E-state index in [2.05, 4.69) is 10.1 Å². The fraction of sp³-hybridized carbons (Fsp3) is 0.833. The first-order chi connectivity index (χ1) is 8.63. The van der Waals surface area contributed by atoms with Crippen LogP contribution in [0.15, 0.2) is 0 Å². The third kappa shape index (κ3) is 5.73. The number of esters is 1. The Kier molecular flexibility index (Phi) is 7.12. The molecule has 1 atom stereocenters. The molecular weight excluding hydrogens is 252 g/mol. The van der Waals surface area contributed by atoms with Crippen LogP contribution in [0.1, 0.15) is 32.1 Å². The van der Waals surface area contributed by atoms with Crippen molar-refractivity contribution in [2.24, 2.45) is 5.73 Å². The Labute approximate surface area is 112 Å². The van der Waals surface area contributed by atoms with Crippen molar-refractivity contribution in [3.8, 4) is 0 Å². The maximum absolute atomic E-state index is 11.6. The molecule has 0 aliphatic heterocycles. The zero-order chi connectivity index (χ0) is 13.4. The Balaban J connectivity index is 2.03. The Hall–Kier alpha value is -0.750. The van der Waals surface area contributed by atoms with Crippen molar-refractivity contribution >= 4 is 23.6 Å². The monoisotopic (exact) mass is 274 g/mol. The van der Waals surface area contributed by atoms with E-state index >= 15 is 0 Å². The van der Waals surface area contributed by atoms with Gasteiger partial charge >= 0.3 is 5.97 Å². The fourth-order valence-electron chi connectivity index (χ4n) is 1.98. The first-order valence-electron chi connectivity index (χ1n) is 6.34. The van der Waals surface area contributed by atoms with Crippen molar-refractivity contribution < 1.29 is 14.3 Å². The minimum absolute atomic E-state index is 0.0820. The van der Waals surface area contributed by atoms with Gasteiger partial charge in [-0.05, 0) is 25.0 Å². The molecule has 1 amide bonds. The molecule has 0 heterocycles. The van der Waals surface area contributed by atoms with Gasteiger partial charge in [0.05, 0.1) is 12.9 Å². The summed E-state index contributed by atoms with van der Waals surface area (Å²) in [7, 11) is 1.32. The molecule has 0 spiro atoms. The number of methoxy groups -OCH3 is 1. The van der Waals surface area contributed by atoms with Gasteiger partial charge in [0.2, 0.25) is 5.91 Å². The number of hydrogen-bond acceptors (Lipinski definition) is 5. The van der Waals surface area contributed by atoms with Crippen LogP contribution in [0, 0.1) is 0 Å². The summed E-state index contributed by atoms with van der Waals surface area (Å²) in [5.41, 5.74) is 5.59. The molecule has 1 aliphatic carbocycles. The molecule has 0 aromatic carbocycles. The molecular formula is C12H22N2O3S. The predicted octanol–water partition coefficient (Wildman–Crippen LogP) is 0.669. The van der Waals surface area contributed by atoms with Gasteiger partial charge in [-0.25, -0.2) is 0 Å². The molecule has 0 aromatic heterocycles. The number of nitrogens with two attached hydrogens (primary N) is 1. The Bertz CT molecular complexity index is 280. The van der Waals surface area contributed by atoms with Crippen LogP contribution in [0.5, 0.6) is 0 Å². The van der Waals surface area contributed by atoms with E-state index < -0.39 is 12.0 Å². The molecule has 0 bridgehead atoms. The van der Waals surface area contributed by atoms with E-state index in [4.69, 9.17) is 5.73 Å². The van der Waals surface area contributed by atoms with Gasteiger partial charge in [-0.15, -0.1) is 0 Å². The van der Waals surface area contributed by atoms with Crippen molar-refractivity contribution in [2.75, 3.05) is 18.6 Å². The first kappa shape index (κ1) is 15.3. The van der Waals surface area contributed by atoms with Crippen LogP contribution in [0.4, 0.5) is 0 Å². The Morgan fingerprint density at radius 3 is 2.72 bits per heavy atom. The number of nitrogens with one attached hydrogen (secondary N) is 1. The minimum atomic E-state index is -0.583. The summed E-state index contributed by atoms with van der Waals surface area (Å²) in [6.45, 7) is 0. The summed E-state index contributed by atoms with van der Waals surface area (Å²) in [6.07, 6.45) is 5.17. The van der Waals surface area contributed by atoms with Crippen LogP contribution in [-0.4, -0.2) is 42.6 Å². The van der Waals surface area contributed by atoms with Crippen LogP contribution in [-0.2, 0) is 14.3 Å². The molecule has 1 rings (SSSR count). The number of hydrogen-bond donors (Lipinski definition) is 2. The number of ether oxygens (including phenoxy) is 1. The molecule has 1 unspecified atom stereocenters. The summed E-state index contributed by atoms with van der Waals surface area (Å²) in [4.78, 5) is 22.6. The zero-order valence-corrected chi connectivity index (χ0v) is 11.6. The third-order valence-corrected chi connectivity index (χ3v) is 4.02. The quantitative estimate of drug-likeness (QED) is 0.527. The first-order valence-corrected chi connectivity index (χ1v) is 7.49. The van der Waals surface area contributed by atoms with Crippen molar-refractivity contribution in [3.63, 3.8) is 0 Å². The molecule has 18 heavy (non-hydrogen) atoms. The molecule has 5 nitrogen and oxygen atoms in total. The smallest absolute Gasteiger partial charge is 0.322 e. The van der Waals surface area contributed by atoms with Crippen LogP contribution in [0.2, 0.25) is 0 Å². The van der Waals surface area contributed by atoms with Crippen molar-refractivity contribution in [1.82, 2.24) is 5.32 Å². The second-order valence-electron chi connectivity index (χ2n) is 4.52. The van der Waals surface area contributed by atoms with E-state index in [0.29, 0.717) is 24.0 Å². The largest absolute Gasteiger partial charge is 0.468 e. The van der Waals surface area contributed by atoms with Gasteiger partial charge in [0.25, 0.3) is 0 Å². The van der Waals surface area contributed by atoms with Gasteiger partial charge in [0.1, 0.15) is 6.04 Å². The molecule has 1 fully saturated rings. The van der Waals surface area contributed by atoms with Gasteiger partial charge in [-0.2, -0.15) is 11.8 Å². The SMILES string of the molecule is COC(=O)C(N)CCSCC(=O)NC1CCCC1. The summed E-state index contributed by atoms with van der Waals surface area (Å²) in [5.74, 6) is 0.809. The predicted molar refractivity (Wildman–Crippen MR) is 72.3 cm³/mol. The normalized spacial score (nSPS) is 17.4. The average Bonchev–Trinajstić information content (AvgIpc) is 2.86.